The fraction of sp³-hybridized carbons (Fsp3) is 0.294. The average Bonchev–Trinajstić information content (AvgIpc) is 2.47. The van der Waals surface area contributed by atoms with Crippen LogP contribution < -0.4 is 10.5 Å². The van der Waals surface area contributed by atoms with E-state index in [1.165, 1.54) is 5.56 Å². The summed E-state index contributed by atoms with van der Waals surface area (Å²) in [7, 11) is 0. The molecule has 104 valence electrons. The third kappa shape index (κ3) is 2.29. The number of hydrogen-bond donors (Lipinski definition) is 1. The Morgan fingerprint density at radius 3 is 2.80 bits per heavy atom. The van der Waals surface area contributed by atoms with Crippen LogP contribution in [-0.4, -0.2) is 6.10 Å². The third-order valence-corrected chi connectivity index (χ3v) is 3.95. The van der Waals surface area contributed by atoms with E-state index in [4.69, 9.17) is 10.5 Å². The highest BCUT2D eigenvalue weighted by Gasteiger charge is 2.28. The van der Waals surface area contributed by atoms with Gasteiger partial charge in [-0.05, 0) is 42.5 Å². The van der Waals surface area contributed by atoms with Crippen molar-refractivity contribution in [1.82, 2.24) is 0 Å². The molecule has 0 radical (unpaired) electrons. The molecule has 0 spiro atoms. The van der Waals surface area contributed by atoms with E-state index in [2.05, 4.69) is 6.07 Å². The van der Waals surface area contributed by atoms with E-state index >= 15 is 0 Å². The van der Waals surface area contributed by atoms with Gasteiger partial charge >= 0.3 is 0 Å². The van der Waals surface area contributed by atoms with Crippen molar-refractivity contribution in [2.24, 2.45) is 5.73 Å². The fourth-order valence-corrected chi connectivity index (χ4v) is 2.77. The summed E-state index contributed by atoms with van der Waals surface area (Å²) in [6.07, 6.45) is 1.55. The molecule has 1 aliphatic rings. The number of halogens is 1. The van der Waals surface area contributed by atoms with Crippen molar-refractivity contribution in [1.29, 1.82) is 0 Å². The fourth-order valence-electron chi connectivity index (χ4n) is 2.77. The van der Waals surface area contributed by atoms with Gasteiger partial charge in [0.25, 0.3) is 0 Å². The number of benzene rings is 2. The maximum absolute atomic E-state index is 14.0. The summed E-state index contributed by atoms with van der Waals surface area (Å²) in [5.41, 5.74) is 9.25. The average molecular weight is 271 g/mol. The molecule has 1 aliphatic carbocycles. The van der Waals surface area contributed by atoms with Gasteiger partial charge in [-0.1, -0.05) is 36.4 Å². The minimum atomic E-state index is -0.293. The zero-order valence-corrected chi connectivity index (χ0v) is 11.5. The van der Waals surface area contributed by atoms with Crippen molar-refractivity contribution in [3.63, 3.8) is 0 Å². The number of nitrogens with two attached hydrogens (primary N) is 1. The zero-order chi connectivity index (χ0) is 14.1. The molecule has 0 amide bonds. The molecule has 3 rings (SSSR count). The largest absolute Gasteiger partial charge is 0.485 e. The van der Waals surface area contributed by atoms with Gasteiger partial charge in [-0.15, -0.1) is 0 Å². The Bertz CT molecular complexity index is 626. The number of fused-ring (bicyclic) bond motifs is 1. The van der Waals surface area contributed by atoms with Crippen molar-refractivity contribution >= 4 is 0 Å². The smallest absolute Gasteiger partial charge is 0.167 e. The second-order valence-electron chi connectivity index (χ2n) is 5.31. The van der Waals surface area contributed by atoms with Crippen LogP contribution in [0.5, 0.6) is 5.75 Å². The first kappa shape index (κ1) is 13.1. The van der Waals surface area contributed by atoms with E-state index in [1.807, 2.05) is 18.2 Å². The Morgan fingerprint density at radius 1 is 1.15 bits per heavy atom. The summed E-state index contributed by atoms with van der Waals surface area (Å²) in [6.45, 7) is 1.73. The highest BCUT2D eigenvalue weighted by atomic mass is 19.1. The molecule has 20 heavy (non-hydrogen) atoms. The Morgan fingerprint density at radius 2 is 1.95 bits per heavy atom. The van der Waals surface area contributed by atoms with E-state index in [0.29, 0.717) is 11.3 Å². The van der Waals surface area contributed by atoms with Gasteiger partial charge in [-0.2, -0.15) is 0 Å². The van der Waals surface area contributed by atoms with Crippen molar-refractivity contribution in [2.45, 2.75) is 31.9 Å². The minimum Gasteiger partial charge on any atom is -0.485 e. The Hall–Kier alpha value is -1.87. The predicted molar refractivity (Wildman–Crippen MR) is 77.2 cm³/mol. The first-order valence-corrected chi connectivity index (χ1v) is 6.92. The Balaban J connectivity index is 1.85. The lowest BCUT2D eigenvalue weighted by molar-refractivity contribution is 0.147. The van der Waals surface area contributed by atoms with E-state index in [1.54, 1.807) is 25.1 Å². The SMILES string of the molecule is Cc1cccc(OC2CCc3ccccc3C2N)c1F. The van der Waals surface area contributed by atoms with Crippen LogP contribution >= 0.6 is 0 Å². The summed E-state index contributed by atoms with van der Waals surface area (Å²) in [4.78, 5) is 0. The van der Waals surface area contributed by atoms with Crippen LogP contribution in [-0.2, 0) is 6.42 Å². The van der Waals surface area contributed by atoms with Crippen molar-refractivity contribution in [3.8, 4) is 5.75 Å². The molecule has 0 saturated heterocycles. The van der Waals surface area contributed by atoms with Gasteiger partial charge < -0.3 is 10.5 Å². The van der Waals surface area contributed by atoms with E-state index in [0.717, 1.165) is 18.4 Å². The quantitative estimate of drug-likeness (QED) is 0.907. The van der Waals surface area contributed by atoms with Crippen LogP contribution in [0.25, 0.3) is 0 Å². The Kier molecular flexibility index (Phi) is 3.45. The highest BCUT2D eigenvalue weighted by Crippen LogP contribution is 2.32. The van der Waals surface area contributed by atoms with Gasteiger partial charge in [0.05, 0.1) is 6.04 Å². The molecule has 0 aromatic heterocycles. The van der Waals surface area contributed by atoms with Gasteiger partial charge in [0.1, 0.15) is 6.10 Å². The lowest BCUT2D eigenvalue weighted by atomic mass is 9.86. The van der Waals surface area contributed by atoms with Crippen LogP contribution in [0.15, 0.2) is 42.5 Å². The van der Waals surface area contributed by atoms with Crippen LogP contribution in [0.4, 0.5) is 4.39 Å². The molecule has 2 aromatic carbocycles. The maximum atomic E-state index is 14.0. The molecular formula is C17H18FNO. The van der Waals surface area contributed by atoms with E-state index < -0.39 is 0 Å². The number of hydrogen-bond acceptors (Lipinski definition) is 2. The van der Waals surface area contributed by atoms with Crippen molar-refractivity contribution in [2.75, 3.05) is 0 Å². The number of aryl methyl sites for hydroxylation is 2. The number of rotatable bonds is 2. The molecule has 2 unspecified atom stereocenters. The molecule has 0 bridgehead atoms. The van der Waals surface area contributed by atoms with E-state index in [-0.39, 0.29) is 18.0 Å². The van der Waals surface area contributed by atoms with Crippen molar-refractivity contribution in [3.05, 3.63) is 65.0 Å². The molecule has 2 N–H and O–H groups in total. The first-order valence-electron chi connectivity index (χ1n) is 6.92. The molecule has 3 heteroatoms. The van der Waals surface area contributed by atoms with Gasteiger partial charge in [0.2, 0.25) is 0 Å². The van der Waals surface area contributed by atoms with Gasteiger partial charge in [0, 0.05) is 0 Å². The molecular weight excluding hydrogens is 253 g/mol. The minimum absolute atomic E-state index is 0.179. The summed E-state index contributed by atoms with van der Waals surface area (Å²) >= 11 is 0. The summed E-state index contributed by atoms with van der Waals surface area (Å²) in [6, 6.07) is 13.1. The van der Waals surface area contributed by atoms with Gasteiger partial charge in [-0.25, -0.2) is 4.39 Å². The monoisotopic (exact) mass is 271 g/mol. The van der Waals surface area contributed by atoms with Crippen LogP contribution in [0.1, 0.15) is 29.2 Å². The second kappa shape index (κ2) is 5.25. The number of ether oxygens (including phenoxy) is 1. The second-order valence-corrected chi connectivity index (χ2v) is 5.31. The summed E-state index contributed by atoms with van der Waals surface area (Å²) in [5.74, 6) is 0.00314. The molecule has 0 heterocycles. The standard InChI is InChI=1S/C17H18FNO/c1-11-5-4-8-14(16(11)18)20-15-10-9-12-6-2-3-7-13(12)17(15)19/h2-8,15,17H,9-10,19H2,1H3. The molecule has 0 aliphatic heterocycles. The molecule has 0 fully saturated rings. The molecule has 0 saturated carbocycles. The molecule has 2 atom stereocenters. The Labute approximate surface area is 118 Å². The zero-order valence-electron chi connectivity index (χ0n) is 11.5. The highest BCUT2D eigenvalue weighted by molar-refractivity contribution is 5.35. The van der Waals surface area contributed by atoms with Gasteiger partial charge in [-0.3, -0.25) is 0 Å². The van der Waals surface area contributed by atoms with Crippen LogP contribution in [0, 0.1) is 12.7 Å². The topological polar surface area (TPSA) is 35.2 Å². The maximum Gasteiger partial charge on any atom is 0.167 e. The lowest BCUT2D eigenvalue weighted by Gasteiger charge is -2.31. The van der Waals surface area contributed by atoms with E-state index in [9.17, 15) is 4.39 Å². The van der Waals surface area contributed by atoms with Crippen LogP contribution in [0.3, 0.4) is 0 Å². The molecule has 2 nitrogen and oxygen atoms in total. The summed E-state index contributed by atoms with van der Waals surface area (Å²) < 4.78 is 19.8. The lowest BCUT2D eigenvalue weighted by Crippen LogP contribution is -2.36. The predicted octanol–water partition coefficient (Wildman–Crippen LogP) is 3.53. The molecule has 2 aromatic rings. The van der Waals surface area contributed by atoms with Crippen LogP contribution in [0.2, 0.25) is 0 Å². The van der Waals surface area contributed by atoms with Gasteiger partial charge in [0.15, 0.2) is 11.6 Å². The normalized spacial score (nSPS) is 21.4. The third-order valence-electron chi connectivity index (χ3n) is 3.95. The first-order chi connectivity index (χ1) is 9.66. The summed E-state index contributed by atoms with van der Waals surface area (Å²) in [5, 5.41) is 0. The van der Waals surface area contributed by atoms with Crippen molar-refractivity contribution < 1.29 is 9.13 Å².